The van der Waals surface area contributed by atoms with E-state index in [-0.39, 0.29) is 36.2 Å². The van der Waals surface area contributed by atoms with Crippen molar-refractivity contribution in [3.8, 4) is 0 Å². The Kier molecular flexibility index (Phi) is 6.94. The molecular formula is C15H28ClN3O2. The standard InChI is InChI=1S/C15H27N3O2.ClH/c1-3-14(19)17-6-4-5-13(10-17)15(20)18-9-12(8-16)7-11(18)2;/h11-13H,3-10,16H2,1-2H3;1H. The molecule has 122 valence electrons. The minimum atomic E-state index is -0.0155. The van der Waals surface area contributed by atoms with Crippen molar-refractivity contribution in [2.75, 3.05) is 26.2 Å². The Morgan fingerprint density at radius 1 is 1.29 bits per heavy atom. The van der Waals surface area contributed by atoms with Gasteiger partial charge in [0, 0.05) is 32.1 Å². The van der Waals surface area contributed by atoms with E-state index < -0.39 is 0 Å². The lowest BCUT2D eigenvalue weighted by Crippen LogP contribution is -2.47. The van der Waals surface area contributed by atoms with E-state index >= 15 is 0 Å². The molecule has 6 heteroatoms. The molecule has 0 aromatic rings. The summed E-state index contributed by atoms with van der Waals surface area (Å²) in [4.78, 5) is 28.3. The minimum Gasteiger partial charge on any atom is -0.342 e. The summed E-state index contributed by atoms with van der Waals surface area (Å²) in [6.45, 7) is 6.82. The van der Waals surface area contributed by atoms with E-state index in [1.54, 1.807) is 0 Å². The van der Waals surface area contributed by atoms with Crippen LogP contribution in [0.25, 0.3) is 0 Å². The van der Waals surface area contributed by atoms with E-state index in [0.29, 0.717) is 25.4 Å². The predicted molar refractivity (Wildman–Crippen MR) is 85.2 cm³/mol. The van der Waals surface area contributed by atoms with Gasteiger partial charge in [0.05, 0.1) is 5.92 Å². The first kappa shape index (κ1) is 18.2. The van der Waals surface area contributed by atoms with Crippen LogP contribution in [0.4, 0.5) is 0 Å². The molecule has 0 aliphatic carbocycles. The van der Waals surface area contributed by atoms with Gasteiger partial charge in [0.15, 0.2) is 0 Å². The topological polar surface area (TPSA) is 66.6 Å². The molecule has 3 unspecified atom stereocenters. The van der Waals surface area contributed by atoms with Crippen molar-refractivity contribution in [2.24, 2.45) is 17.6 Å². The Bertz CT molecular complexity index is 378. The first-order chi connectivity index (χ1) is 9.56. The Balaban J connectivity index is 0.00000220. The summed E-state index contributed by atoms with van der Waals surface area (Å²) in [6, 6.07) is 0.285. The van der Waals surface area contributed by atoms with E-state index in [1.807, 2.05) is 16.7 Å². The van der Waals surface area contributed by atoms with Crippen LogP contribution in [-0.2, 0) is 9.59 Å². The van der Waals surface area contributed by atoms with Crippen molar-refractivity contribution in [1.82, 2.24) is 9.80 Å². The van der Waals surface area contributed by atoms with Crippen LogP contribution in [0.5, 0.6) is 0 Å². The van der Waals surface area contributed by atoms with E-state index in [4.69, 9.17) is 5.73 Å². The molecule has 21 heavy (non-hydrogen) atoms. The van der Waals surface area contributed by atoms with Crippen LogP contribution >= 0.6 is 12.4 Å². The van der Waals surface area contributed by atoms with Crippen LogP contribution < -0.4 is 5.73 Å². The molecule has 3 atom stereocenters. The highest BCUT2D eigenvalue weighted by Gasteiger charge is 2.37. The fourth-order valence-corrected chi connectivity index (χ4v) is 3.48. The van der Waals surface area contributed by atoms with Crippen LogP contribution in [0.15, 0.2) is 0 Å². The van der Waals surface area contributed by atoms with Crippen molar-refractivity contribution in [2.45, 2.75) is 45.6 Å². The molecule has 2 amide bonds. The van der Waals surface area contributed by atoms with Crippen molar-refractivity contribution >= 4 is 24.2 Å². The first-order valence-electron chi connectivity index (χ1n) is 7.85. The molecule has 2 heterocycles. The fraction of sp³-hybridized carbons (Fsp3) is 0.867. The molecule has 0 spiro atoms. The highest BCUT2D eigenvalue weighted by molar-refractivity contribution is 5.85. The van der Waals surface area contributed by atoms with E-state index in [9.17, 15) is 9.59 Å². The maximum absolute atomic E-state index is 12.7. The van der Waals surface area contributed by atoms with Crippen LogP contribution in [0.2, 0.25) is 0 Å². The number of nitrogens with two attached hydrogens (primary N) is 1. The third-order valence-electron chi connectivity index (χ3n) is 4.70. The van der Waals surface area contributed by atoms with Gasteiger partial charge >= 0.3 is 0 Å². The van der Waals surface area contributed by atoms with Crippen LogP contribution in [0.1, 0.15) is 39.5 Å². The summed E-state index contributed by atoms with van der Waals surface area (Å²) < 4.78 is 0. The molecule has 2 N–H and O–H groups in total. The molecule has 0 saturated carbocycles. The number of carbonyl (C=O) groups excluding carboxylic acids is 2. The number of hydrogen-bond acceptors (Lipinski definition) is 3. The molecule has 2 rings (SSSR count). The third kappa shape index (κ3) is 4.10. The van der Waals surface area contributed by atoms with E-state index in [2.05, 4.69) is 6.92 Å². The number of hydrogen-bond donors (Lipinski definition) is 1. The molecule has 2 saturated heterocycles. The Morgan fingerprint density at radius 2 is 2.00 bits per heavy atom. The first-order valence-corrected chi connectivity index (χ1v) is 7.85. The maximum Gasteiger partial charge on any atom is 0.227 e. The SMILES string of the molecule is CCC(=O)N1CCCC(C(=O)N2CC(CN)CC2C)C1.Cl. The molecule has 5 nitrogen and oxygen atoms in total. The molecule has 0 aromatic heterocycles. The predicted octanol–water partition coefficient (Wildman–Crippen LogP) is 1.25. The Labute approximate surface area is 133 Å². The van der Waals surface area contributed by atoms with Gasteiger partial charge < -0.3 is 15.5 Å². The summed E-state index contributed by atoms with van der Waals surface area (Å²) in [5, 5.41) is 0. The maximum atomic E-state index is 12.7. The lowest BCUT2D eigenvalue weighted by Gasteiger charge is -2.35. The lowest BCUT2D eigenvalue weighted by atomic mass is 9.96. The van der Waals surface area contributed by atoms with Gasteiger partial charge in [-0.25, -0.2) is 0 Å². The summed E-state index contributed by atoms with van der Waals surface area (Å²) in [5.74, 6) is 0.808. The third-order valence-corrected chi connectivity index (χ3v) is 4.70. The molecule has 2 fully saturated rings. The number of likely N-dealkylation sites (tertiary alicyclic amines) is 2. The van der Waals surface area contributed by atoms with E-state index in [0.717, 1.165) is 32.4 Å². The largest absolute Gasteiger partial charge is 0.342 e. The summed E-state index contributed by atoms with van der Waals surface area (Å²) in [7, 11) is 0. The molecule has 2 aliphatic heterocycles. The Hall–Kier alpha value is -0.810. The van der Waals surface area contributed by atoms with Gasteiger partial charge in [-0.05, 0) is 38.6 Å². The van der Waals surface area contributed by atoms with Crippen LogP contribution in [-0.4, -0.2) is 53.8 Å². The zero-order chi connectivity index (χ0) is 14.7. The van der Waals surface area contributed by atoms with Crippen molar-refractivity contribution in [3.05, 3.63) is 0 Å². The second kappa shape index (κ2) is 7.99. The second-order valence-electron chi connectivity index (χ2n) is 6.21. The van der Waals surface area contributed by atoms with Gasteiger partial charge in [-0.15, -0.1) is 12.4 Å². The number of piperidine rings is 1. The average Bonchev–Trinajstić information content (AvgIpc) is 2.87. The molecule has 2 aliphatic rings. The minimum absolute atomic E-state index is 0. The molecule has 0 radical (unpaired) electrons. The van der Waals surface area contributed by atoms with Gasteiger partial charge in [0.25, 0.3) is 0 Å². The quantitative estimate of drug-likeness (QED) is 0.852. The lowest BCUT2D eigenvalue weighted by molar-refractivity contribution is -0.141. The number of rotatable bonds is 3. The van der Waals surface area contributed by atoms with Gasteiger partial charge in [0.1, 0.15) is 0 Å². The van der Waals surface area contributed by atoms with Crippen molar-refractivity contribution in [1.29, 1.82) is 0 Å². The number of amides is 2. The van der Waals surface area contributed by atoms with Gasteiger partial charge in [-0.2, -0.15) is 0 Å². The zero-order valence-electron chi connectivity index (χ0n) is 13.1. The molecular weight excluding hydrogens is 290 g/mol. The summed E-state index contributed by atoms with van der Waals surface area (Å²) in [6.07, 6.45) is 3.37. The fourth-order valence-electron chi connectivity index (χ4n) is 3.48. The number of carbonyl (C=O) groups is 2. The summed E-state index contributed by atoms with van der Waals surface area (Å²) >= 11 is 0. The zero-order valence-corrected chi connectivity index (χ0v) is 13.9. The monoisotopic (exact) mass is 317 g/mol. The van der Waals surface area contributed by atoms with Gasteiger partial charge in [0.2, 0.25) is 11.8 Å². The van der Waals surface area contributed by atoms with Gasteiger partial charge in [-0.3, -0.25) is 9.59 Å². The van der Waals surface area contributed by atoms with Crippen LogP contribution in [0, 0.1) is 11.8 Å². The second-order valence-corrected chi connectivity index (χ2v) is 6.21. The molecule has 0 bridgehead atoms. The average molecular weight is 318 g/mol. The Morgan fingerprint density at radius 3 is 2.57 bits per heavy atom. The van der Waals surface area contributed by atoms with Crippen molar-refractivity contribution < 1.29 is 9.59 Å². The number of halogens is 1. The highest BCUT2D eigenvalue weighted by Crippen LogP contribution is 2.27. The smallest absolute Gasteiger partial charge is 0.227 e. The normalized spacial score (nSPS) is 29.2. The van der Waals surface area contributed by atoms with E-state index in [1.165, 1.54) is 0 Å². The molecule has 0 aromatic carbocycles. The van der Waals surface area contributed by atoms with Crippen molar-refractivity contribution in [3.63, 3.8) is 0 Å². The summed E-state index contributed by atoms with van der Waals surface area (Å²) in [5.41, 5.74) is 5.73. The highest BCUT2D eigenvalue weighted by atomic mass is 35.5. The number of nitrogens with zero attached hydrogens (tertiary/aromatic N) is 2. The van der Waals surface area contributed by atoms with Gasteiger partial charge in [-0.1, -0.05) is 6.92 Å². The van der Waals surface area contributed by atoms with Crippen LogP contribution in [0.3, 0.4) is 0 Å².